The minimum Gasteiger partial charge on any atom is -0.493 e. The highest BCUT2D eigenvalue weighted by atomic mass is 35.5. The monoisotopic (exact) mass is 427 g/mol. The number of nitrogens with two attached hydrogens (primary N) is 1. The van der Waals surface area contributed by atoms with Crippen LogP contribution >= 0.6 is 12.4 Å². The topological polar surface area (TPSA) is 94.3 Å². The molecule has 0 bridgehead atoms. The third-order valence-electron chi connectivity index (χ3n) is 5.78. The van der Waals surface area contributed by atoms with Crippen molar-refractivity contribution in [1.29, 1.82) is 0 Å². The fourth-order valence-corrected chi connectivity index (χ4v) is 3.94. The van der Waals surface area contributed by atoms with E-state index in [0.29, 0.717) is 75.8 Å². The molecule has 0 saturated carbocycles. The van der Waals surface area contributed by atoms with Crippen LogP contribution in [0.25, 0.3) is 0 Å². The minimum absolute atomic E-state index is 0. The van der Waals surface area contributed by atoms with Crippen molar-refractivity contribution < 1.29 is 23.8 Å². The largest absolute Gasteiger partial charge is 0.493 e. The zero-order valence-corrected chi connectivity index (χ0v) is 17.8. The van der Waals surface area contributed by atoms with Gasteiger partial charge in [0.15, 0.2) is 11.5 Å². The highest BCUT2D eigenvalue weighted by Crippen LogP contribution is 2.33. The summed E-state index contributed by atoms with van der Waals surface area (Å²) in [6.45, 7) is 3.41. The molecule has 8 nitrogen and oxygen atoms in total. The van der Waals surface area contributed by atoms with Crippen molar-refractivity contribution in [1.82, 2.24) is 9.80 Å². The van der Waals surface area contributed by atoms with Crippen molar-refractivity contribution in [3.05, 3.63) is 23.8 Å². The van der Waals surface area contributed by atoms with E-state index in [-0.39, 0.29) is 24.2 Å². The third-order valence-corrected chi connectivity index (χ3v) is 5.78. The summed E-state index contributed by atoms with van der Waals surface area (Å²) in [6.07, 6.45) is 1.31. The van der Waals surface area contributed by atoms with Gasteiger partial charge in [-0.05, 0) is 25.0 Å². The van der Waals surface area contributed by atoms with Gasteiger partial charge in [0, 0.05) is 45.9 Å². The molecule has 9 heteroatoms. The number of halogens is 1. The molecule has 29 heavy (non-hydrogen) atoms. The van der Waals surface area contributed by atoms with Crippen molar-refractivity contribution in [3.63, 3.8) is 0 Å². The van der Waals surface area contributed by atoms with Crippen LogP contribution < -0.4 is 15.2 Å². The van der Waals surface area contributed by atoms with Gasteiger partial charge < -0.3 is 29.7 Å². The molecule has 0 radical (unpaired) electrons. The van der Waals surface area contributed by atoms with Gasteiger partial charge in [0.1, 0.15) is 0 Å². The van der Waals surface area contributed by atoms with Gasteiger partial charge >= 0.3 is 0 Å². The highest BCUT2D eigenvalue weighted by Gasteiger charge is 2.42. The van der Waals surface area contributed by atoms with Gasteiger partial charge in [0.25, 0.3) is 5.91 Å². The second kappa shape index (κ2) is 10.1. The first-order valence-electron chi connectivity index (χ1n) is 9.64. The Morgan fingerprint density at radius 1 is 1.07 bits per heavy atom. The molecule has 1 aromatic carbocycles. The summed E-state index contributed by atoms with van der Waals surface area (Å²) in [6, 6.07) is 5.25. The van der Waals surface area contributed by atoms with E-state index in [4.69, 9.17) is 19.9 Å². The molecule has 2 amide bonds. The molecule has 0 spiro atoms. The number of methoxy groups -OCH3 is 2. The second-order valence-electron chi connectivity index (χ2n) is 7.22. The van der Waals surface area contributed by atoms with Crippen molar-refractivity contribution in [2.24, 2.45) is 11.1 Å². The molecule has 3 rings (SSSR count). The molecule has 1 aromatic rings. The first-order valence-corrected chi connectivity index (χ1v) is 9.64. The highest BCUT2D eigenvalue weighted by molar-refractivity contribution is 5.98. The lowest BCUT2D eigenvalue weighted by atomic mass is 9.78. The Bertz CT molecular complexity index is 716. The summed E-state index contributed by atoms with van der Waals surface area (Å²) < 4.78 is 16.1. The van der Waals surface area contributed by atoms with Gasteiger partial charge in [-0.15, -0.1) is 12.4 Å². The normalized spacial score (nSPS) is 18.6. The molecule has 0 aliphatic carbocycles. The van der Waals surface area contributed by atoms with Crippen LogP contribution in [-0.2, 0) is 9.53 Å². The number of hydrogen-bond donors (Lipinski definition) is 1. The Hall–Kier alpha value is -2.03. The number of nitrogens with zero attached hydrogens (tertiary/aromatic N) is 2. The first kappa shape index (κ1) is 23.3. The average Bonchev–Trinajstić information content (AvgIpc) is 2.77. The summed E-state index contributed by atoms with van der Waals surface area (Å²) >= 11 is 0. The van der Waals surface area contributed by atoms with Gasteiger partial charge in [-0.2, -0.15) is 0 Å². The molecular formula is C20H30ClN3O5. The Kier molecular flexibility index (Phi) is 8.13. The van der Waals surface area contributed by atoms with E-state index < -0.39 is 5.41 Å². The Morgan fingerprint density at radius 3 is 2.24 bits per heavy atom. The third kappa shape index (κ3) is 4.60. The van der Waals surface area contributed by atoms with Gasteiger partial charge in [-0.1, -0.05) is 6.07 Å². The molecule has 0 unspecified atom stereocenters. The average molecular weight is 428 g/mol. The zero-order chi connectivity index (χ0) is 20.1. The van der Waals surface area contributed by atoms with Crippen molar-refractivity contribution in [3.8, 4) is 11.5 Å². The molecule has 2 fully saturated rings. The number of carbonyl (C=O) groups is 2. The maximum atomic E-state index is 13.1. The lowest BCUT2D eigenvalue weighted by Gasteiger charge is -2.42. The molecule has 2 N–H and O–H groups in total. The Labute approximate surface area is 177 Å². The van der Waals surface area contributed by atoms with Crippen LogP contribution in [0, 0.1) is 5.41 Å². The SMILES string of the molecule is COc1cccc(C(=O)N2CCN(C(=O)C3(CN)CCOCC3)CC2)c1OC.Cl. The van der Waals surface area contributed by atoms with Crippen molar-refractivity contribution in [2.75, 3.05) is 60.2 Å². The molecule has 2 aliphatic rings. The Morgan fingerprint density at radius 2 is 1.69 bits per heavy atom. The van der Waals surface area contributed by atoms with Crippen LogP contribution in [0.4, 0.5) is 0 Å². The Balaban J connectivity index is 0.00000300. The molecule has 2 heterocycles. The van der Waals surface area contributed by atoms with E-state index >= 15 is 0 Å². The van der Waals surface area contributed by atoms with E-state index in [1.807, 2.05) is 4.90 Å². The van der Waals surface area contributed by atoms with Crippen molar-refractivity contribution in [2.45, 2.75) is 12.8 Å². The number of para-hydroxylation sites is 1. The van der Waals surface area contributed by atoms with Crippen LogP contribution in [0.15, 0.2) is 18.2 Å². The summed E-state index contributed by atoms with van der Waals surface area (Å²) in [5, 5.41) is 0. The lowest BCUT2D eigenvalue weighted by molar-refractivity contribution is -0.148. The standard InChI is InChI=1S/C20H29N3O5.ClH/c1-26-16-5-3-4-15(17(16)27-2)18(24)22-8-10-23(11-9-22)19(25)20(14-21)6-12-28-13-7-20;/h3-5H,6-14,21H2,1-2H3;1H. The molecule has 162 valence electrons. The maximum absolute atomic E-state index is 13.1. The van der Waals surface area contributed by atoms with E-state index in [0.717, 1.165) is 0 Å². The fraction of sp³-hybridized carbons (Fsp3) is 0.600. The molecule has 2 saturated heterocycles. The summed E-state index contributed by atoms with van der Waals surface area (Å²) in [5.41, 5.74) is 5.90. The number of hydrogen-bond acceptors (Lipinski definition) is 6. The number of benzene rings is 1. The molecule has 0 aromatic heterocycles. The molecule has 2 aliphatic heterocycles. The van der Waals surface area contributed by atoms with Gasteiger partial charge in [-0.25, -0.2) is 0 Å². The summed E-state index contributed by atoms with van der Waals surface area (Å²) in [7, 11) is 3.06. The second-order valence-corrected chi connectivity index (χ2v) is 7.22. The van der Waals surface area contributed by atoms with Crippen LogP contribution in [0.3, 0.4) is 0 Å². The number of rotatable bonds is 5. The molecular weight excluding hydrogens is 398 g/mol. The lowest BCUT2D eigenvalue weighted by Crippen LogP contribution is -2.57. The predicted molar refractivity (Wildman–Crippen MR) is 111 cm³/mol. The fourth-order valence-electron chi connectivity index (χ4n) is 3.94. The van der Waals surface area contributed by atoms with Crippen molar-refractivity contribution >= 4 is 24.2 Å². The van der Waals surface area contributed by atoms with E-state index in [2.05, 4.69) is 0 Å². The minimum atomic E-state index is -0.527. The maximum Gasteiger partial charge on any atom is 0.257 e. The van der Waals surface area contributed by atoms with Gasteiger partial charge in [0.05, 0.1) is 25.2 Å². The molecule has 0 atom stereocenters. The van der Waals surface area contributed by atoms with E-state index in [1.165, 1.54) is 7.11 Å². The zero-order valence-electron chi connectivity index (χ0n) is 17.0. The predicted octanol–water partition coefficient (Wildman–Crippen LogP) is 1.17. The van der Waals surface area contributed by atoms with E-state index in [1.54, 1.807) is 30.2 Å². The van der Waals surface area contributed by atoms with E-state index in [9.17, 15) is 9.59 Å². The first-order chi connectivity index (χ1) is 13.6. The van der Waals surface area contributed by atoms with Crippen LogP contribution in [-0.4, -0.2) is 81.8 Å². The van der Waals surface area contributed by atoms with Crippen LogP contribution in [0.5, 0.6) is 11.5 Å². The van der Waals surface area contributed by atoms with Gasteiger partial charge in [0.2, 0.25) is 5.91 Å². The van der Waals surface area contributed by atoms with Crippen LogP contribution in [0.2, 0.25) is 0 Å². The van der Waals surface area contributed by atoms with Crippen LogP contribution in [0.1, 0.15) is 23.2 Å². The van der Waals surface area contributed by atoms with Gasteiger partial charge in [-0.3, -0.25) is 9.59 Å². The summed E-state index contributed by atoms with van der Waals surface area (Å²) in [4.78, 5) is 29.7. The number of ether oxygens (including phenoxy) is 3. The number of carbonyl (C=O) groups excluding carboxylic acids is 2. The number of piperazine rings is 1. The number of amides is 2. The smallest absolute Gasteiger partial charge is 0.257 e. The summed E-state index contributed by atoms with van der Waals surface area (Å²) in [5.74, 6) is 0.913. The quantitative estimate of drug-likeness (QED) is 0.757.